The molecule has 0 fully saturated rings. The molecule has 1 N–H and O–H groups in total. The van der Waals surface area contributed by atoms with Gasteiger partial charge < -0.3 is 5.32 Å². The van der Waals surface area contributed by atoms with Crippen LogP contribution in [-0.4, -0.2) is 16.1 Å². The lowest BCUT2D eigenvalue weighted by Crippen LogP contribution is -2.15. The fourth-order valence-electron chi connectivity index (χ4n) is 1.65. The molecule has 112 valence electrons. The van der Waals surface area contributed by atoms with Crippen molar-refractivity contribution in [3.8, 4) is 0 Å². The van der Waals surface area contributed by atoms with Crippen LogP contribution in [0.1, 0.15) is 23.1 Å². The fourth-order valence-corrected chi connectivity index (χ4v) is 2.35. The standard InChI is InChI=1S/C13H12F3N3OS/c1-2-11-18-19-12(21-11)17-10(20)7-8-4-3-5-9(6-8)13(14,15)16/h3-6H,2,7H2,1H3,(H,17,19,20). The van der Waals surface area contributed by atoms with Crippen LogP contribution < -0.4 is 5.32 Å². The summed E-state index contributed by atoms with van der Waals surface area (Å²) in [4.78, 5) is 11.8. The number of benzene rings is 1. The summed E-state index contributed by atoms with van der Waals surface area (Å²) in [5.41, 5.74) is -0.473. The summed E-state index contributed by atoms with van der Waals surface area (Å²) in [7, 11) is 0. The first-order valence-electron chi connectivity index (χ1n) is 6.17. The van der Waals surface area contributed by atoms with Gasteiger partial charge in [-0.25, -0.2) is 0 Å². The van der Waals surface area contributed by atoms with Crippen LogP contribution in [0, 0.1) is 0 Å². The quantitative estimate of drug-likeness (QED) is 0.942. The third kappa shape index (κ3) is 4.25. The molecule has 0 bridgehead atoms. The Morgan fingerprint density at radius 2 is 2.10 bits per heavy atom. The molecule has 1 amide bonds. The van der Waals surface area contributed by atoms with Crippen LogP contribution in [0.4, 0.5) is 18.3 Å². The second-order valence-corrected chi connectivity index (χ2v) is 5.34. The zero-order chi connectivity index (χ0) is 15.5. The summed E-state index contributed by atoms with van der Waals surface area (Å²) in [5, 5.41) is 11.3. The van der Waals surface area contributed by atoms with Gasteiger partial charge in [0.25, 0.3) is 0 Å². The van der Waals surface area contributed by atoms with Gasteiger partial charge in [-0.15, -0.1) is 10.2 Å². The summed E-state index contributed by atoms with van der Waals surface area (Å²) < 4.78 is 37.7. The highest BCUT2D eigenvalue weighted by molar-refractivity contribution is 7.15. The number of hydrogen-bond acceptors (Lipinski definition) is 4. The number of nitrogens with zero attached hydrogens (tertiary/aromatic N) is 2. The molecule has 0 saturated heterocycles. The van der Waals surface area contributed by atoms with Gasteiger partial charge >= 0.3 is 6.18 Å². The van der Waals surface area contributed by atoms with Gasteiger partial charge in [-0.3, -0.25) is 4.79 Å². The van der Waals surface area contributed by atoms with E-state index in [-0.39, 0.29) is 6.42 Å². The van der Waals surface area contributed by atoms with E-state index >= 15 is 0 Å². The van der Waals surface area contributed by atoms with Crippen molar-refractivity contribution in [2.75, 3.05) is 5.32 Å². The van der Waals surface area contributed by atoms with Gasteiger partial charge in [0.2, 0.25) is 11.0 Å². The predicted molar refractivity (Wildman–Crippen MR) is 73.1 cm³/mol. The molecule has 4 nitrogen and oxygen atoms in total. The maximum Gasteiger partial charge on any atom is 0.416 e. The average molecular weight is 315 g/mol. The van der Waals surface area contributed by atoms with Crippen LogP contribution >= 0.6 is 11.3 Å². The highest BCUT2D eigenvalue weighted by atomic mass is 32.1. The minimum atomic E-state index is -4.41. The van der Waals surface area contributed by atoms with Gasteiger partial charge in [-0.05, 0) is 18.1 Å². The summed E-state index contributed by atoms with van der Waals surface area (Å²) in [6.07, 6.45) is -3.85. The molecule has 2 aromatic rings. The SMILES string of the molecule is CCc1nnc(NC(=O)Cc2cccc(C(F)(F)F)c2)s1. The number of halogens is 3. The molecule has 2 rings (SSSR count). The third-order valence-electron chi connectivity index (χ3n) is 2.63. The lowest BCUT2D eigenvalue weighted by atomic mass is 10.1. The number of amides is 1. The topological polar surface area (TPSA) is 54.9 Å². The number of hydrogen-bond donors (Lipinski definition) is 1. The highest BCUT2D eigenvalue weighted by Gasteiger charge is 2.30. The van der Waals surface area contributed by atoms with Gasteiger partial charge in [0, 0.05) is 0 Å². The van der Waals surface area contributed by atoms with E-state index in [0.717, 1.165) is 17.1 Å². The van der Waals surface area contributed by atoms with Crippen LogP contribution in [0.25, 0.3) is 0 Å². The molecule has 0 unspecified atom stereocenters. The van der Waals surface area contributed by atoms with Crippen LogP contribution in [0.2, 0.25) is 0 Å². The van der Waals surface area contributed by atoms with Crippen molar-refractivity contribution in [1.82, 2.24) is 10.2 Å². The first kappa shape index (κ1) is 15.4. The minimum absolute atomic E-state index is 0.148. The molecule has 0 aliphatic heterocycles. The molecular formula is C13H12F3N3OS. The van der Waals surface area contributed by atoms with Crippen molar-refractivity contribution < 1.29 is 18.0 Å². The molecule has 0 radical (unpaired) electrons. The predicted octanol–water partition coefficient (Wildman–Crippen LogP) is 3.30. The van der Waals surface area contributed by atoms with Crippen molar-refractivity contribution in [1.29, 1.82) is 0 Å². The van der Waals surface area contributed by atoms with Crippen molar-refractivity contribution in [2.24, 2.45) is 0 Å². The number of aromatic nitrogens is 2. The van der Waals surface area contributed by atoms with E-state index in [1.807, 2.05) is 6.92 Å². The molecule has 1 aromatic heterocycles. The van der Waals surface area contributed by atoms with E-state index in [2.05, 4.69) is 15.5 Å². The largest absolute Gasteiger partial charge is 0.416 e. The molecule has 21 heavy (non-hydrogen) atoms. The minimum Gasteiger partial charge on any atom is -0.300 e. The van der Waals surface area contributed by atoms with E-state index < -0.39 is 17.6 Å². The van der Waals surface area contributed by atoms with Crippen molar-refractivity contribution in [3.63, 3.8) is 0 Å². The molecule has 1 heterocycles. The number of carbonyl (C=O) groups is 1. The van der Waals surface area contributed by atoms with Gasteiger partial charge in [-0.2, -0.15) is 13.2 Å². The second kappa shape index (κ2) is 6.21. The Bertz CT molecular complexity index is 640. The van der Waals surface area contributed by atoms with E-state index in [1.165, 1.54) is 23.5 Å². The van der Waals surface area contributed by atoms with E-state index in [1.54, 1.807) is 0 Å². The highest BCUT2D eigenvalue weighted by Crippen LogP contribution is 2.29. The average Bonchev–Trinajstić information content (AvgIpc) is 2.85. The first-order valence-corrected chi connectivity index (χ1v) is 6.98. The normalized spacial score (nSPS) is 11.4. The Hall–Kier alpha value is -1.96. The number of carbonyl (C=O) groups excluding carboxylic acids is 1. The zero-order valence-electron chi connectivity index (χ0n) is 11.1. The van der Waals surface area contributed by atoms with E-state index in [9.17, 15) is 18.0 Å². The van der Waals surface area contributed by atoms with Crippen LogP contribution in [-0.2, 0) is 23.8 Å². The maximum absolute atomic E-state index is 12.6. The molecule has 0 saturated carbocycles. The maximum atomic E-state index is 12.6. The van der Waals surface area contributed by atoms with Gasteiger partial charge in [0.15, 0.2) is 0 Å². The lowest BCUT2D eigenvalue weighted by Gasteiger charge is -2.08. The van der Waals surface area contributed by atoms with E-state index in [0.29, 0.717) is 17.1 Å². The monoisotopic (exact) mass is 315 g/mol. The number of rotatable bonds is 4. The van der Waals surface area contributed by atoms with Gasteiger partial charge in [0.05, 0.1) is 12.0 Å². The Labute approximate surface area is 123 Å². The summed E-state index contributed by atoms with van der Waals surface area (Å²) >= 11 is 1.25. The molecule has 0 spiro atoms. The van der Waals surface area contributed by atoms with Crippen molar-refractivity contribution in [3.05, 3.63) is 40.4 Å². The number of nitrogens with one attached hydrogen (secondary N) is 1. The lowest BCUT2D eigenvalue weighted by molar-refractivity contribution is -0.137. The number of aryl methyl sites for hydroxylation is 1. The molecule has 0 aliphatic carbocycles. The summed E-state index contributed by atoms with van der Waals surface area (Å²) in [6, 6.07) is 4.70. The van der Waals surface area contributed by atoms with E-state index in [4.69, 9.17) is 0 Å². The summed E-state index contributed by atoms with van der Waals surface area (Å²) in [6.45, 7) is 1.91. The Morgan fingerprint density at radius 1 is 1.33 bits per heavy atom. The molecule has 0 aliphatic rings. The fraction of sp³-hybridized carbons (Fsp3) is 0.308. The Morgan fingerprint density at radius 3 is 2.71 bits per heavy atom. The van der Waals surface area contributed by atoms with Crippen molar-refractivity contribution >= 4 is 22.4 Å². The molecule has 1 aromatic carbocycles. The van der Waals surface area contributed by atoms with Crippen LogP contribution in [0.5, 0.6) is 0 Å². The van der Waals surface area contributed by atoms with Crippen LogP contribution in [0.3, 0.4) is 0 Å². The number of alkyl halides is 3. The molecular weight excluding hydrogens is 303 g/mol. The second-order valence-electron chi connectivity index (χ2n) is 4.28. The number of anilines is 1. The zero-order valence-corrected chi connectivity index (χ0v) is 11.9. The Balaban J connectivity index is 2.02. The van der Waals surface area contributed by atoms with Crippen molar-refractivity contribution in [2.45, 2.75) is 25.9 Å². The third-order valence-corrected chi connectivity index (χ3v) is 3.62. The van der Waals surface area contributed by atoms with Crippen LogP contribution in [0.15, 0.2) is 24.3 Å². The van der Waals surface area contributed by atoms with Gasteiger partial charge in [-0.1, -0.05) is 36.5 Å². The van der Waals surface area contributed by atoms with Gasteiger partial charge in [0.1, 0.15) is 5.01 Å². The Kier molecular flexibility index (Phi) is 4.56. The molecule has 8 heteroatoms. The summed E-state index contributed by atoms with van der Waals surface area (Å²) in [5.74, 6) is -0.423. The molecule has 0 atom stereocenters. The smallest absolute Gasteiger partial charge is 0.300 e. The first-order chi connectivity index (χ1) is 9.88.